The predicted octanol–water partition coefficient (Wildman–Crippen LogP) is 8.66. The minimum Gasteiger partial charge on any atom is -0.497 e. The number of esters is 1. The van der Waals surface area contributed by atoms with Gasteiger partial charge in [-0.1, -0.05) is 91.3 Å². The van der Waals surface area contributed by atoms with Gasteiger partial charge < -0.3 is 9.47 Å². The average Bonchev–Trinajstić information content (AvgIpc) is 2.81. The Morgan fingerprint density at radius 3 is 2.21 bits per heavy atom. The molecule has 0 aromatic rings. The maximum atomic E-state index is 11.6. The number of hydrogen-bond acceptors (Lipinski definition) is 3. The SMILES string of the molecule is C=C(C)C(=O)OCC/C(=C/C(=C)C1=CC=C(C(C)CCC(C)CC)CC1)C(=C)OC.CCC. The molecular formula is C30H48O3. The van der Waals surface area contributed by atoms with Gasteiger partial charge in [-0.3, -0.25) is 0 Å². The van der Waals surface area contributed by atoms with E-state index in [0.29, 0.717) is 23.7 Å². The fourth-order valence-corrected chi connectivity index (χ4v) is 3.36. The standard InChI is InChI=1S/C27H40O3.C3H8/c1-9-20(4)10-11-21(5)24-12-14-25(15-13-24)22(6)18-26(23(7)29-8)16-17-30-27(28)19(2)3;1-3-2/h12,14,18,20-21H,2,6-7,9-11,13,15-17H2,1,3-5,8H3;3H2,1-2H3/b26-18-;. The Morgan fingerprint density at radius 2 is 1.73 bits per heavy atom. The Hall–Kier alpha value is -2.29. The third-order valence-corrected chi connectivity index (χ3v) is 5.92. The highest BCUT2D eigenvalue weighted by Gasteiger charge is 2.15. The summed E-state index contributed by atoms with van der Waals surface area (Å²) >= 11 is 0. The van der Waals surface area contributed by atoms with Crippen molar-refractivity contribution in [1.82, 2.24) is 0 Å². The molecule has 1 rings (SSSR count). The first-order valence-corrected chi connectivity index (χ1v) is 12.5. The van der Waals surface area contributed by atoms with Crippen LogP contribution in [-0.4, -0.2) is 19.7 Å². The van der Waals surface area contributed by atoms with Crippen LogP contribution in [-0.2, 0) is 14.3 Å². The maximum Gasteiger partial charge on any atom is 0.333 e. The fraction of sp³-hybridized carbons (Fsp3) is 0.567. The second kappa shape index (κ2) is 17.2. The molecule has 186 valence electrons. The van der Waals surface area contributed by atoms with Crippen molar-refractivity contribution in [2.45, 2.75) is 86.5 Å². The van der Waals surface area contributed by atoms with Crippen LogP contribution in [0.3, 0.4) is 0 Å². The number of ether oxygens (including phenoxy) is 2. The molecule has 0 radical (unpaired) electrons. The molecule has 3 heteroatoms. The van der Waals surface area contributed by atoms with Crippen LogP contribution in [0, 0.1) is 11.8 Å². The topological polar surface area (TPSA) is 35.5 Å². The third-order valence-electron chi connectivity index (χ3n) is 5.92. The average molecular weight is 457 g/mol. The minimum atomic E-state index is -0.383. The monoisotopic (exact) mass is 456 g/mol. The van der Waals surface area contributed by atoms with E-state index in [9.17, 15) is 4.79 Å². The first kappa shape index (κ1) is 30.7. The first-order chi connectivity index (χ1) is 15.6. The van der Waals surface area contributed by atoms with E-state index in [1.54, 1.807) is 14.0 Å². The van der Waals surface area contributed by atoms with Crippen LogP contribution < -0.4 is 0 Å². The van der Waals surface area contributed by atoms with Gasteiger partial charge in [0.15, 0.2) is 0 Å². The molecule has 1 aliphatic carbocycles. The summed E-state index contributed by atoms with van der Waals surface area (Å²) in [6, 6.07) is 0. The summed E-state index contributed by atoms with van der Waals surface area (Å²) in [5.74, 6) is 1.61. The molecule has 2 atom stereocenters. The normalized spacial score (nSPS) is 15.2. The predicted molar refractivity (Wildman–Crippen MR) is 143 cm³/mol. The lowest BCUT2D eigenvalue weighted by atomic mass is 9.84. The van der Waals surface area contributed by atoms with E-state index in [4.69, 9.17) is 9.47 Å². The molecule has 0 amide bonds. The fourth-order valence-electron chi connectivity index (χ4n) is 3.36. The molecule has 1 aliphatic rings. The zero-order valence-electron chi connectivity index (χ0n) is 22.4. The Kier molecular flexibility index (Phi) is 16.0. The number of rotatable bonds is 13. The van der Waals surface area contributed by atoms with E-state index in [-0.39, 0.29) is 12.6 Å². The minimum absolute atomic E-state index is 0.254. The van der Waals surface area contributed by atoms with Gasteiger partial charge in [-0.2, -0.15) is 0 Å². The zero-order valence-corrected chi connectivity index (χ0v) is 22.4. The van der Waals surface area contributed by atoms with E-state index in [2.05, 4.69) is 66.5 Å². The van der Waals surface area contributed by atoms with Gasteiger partial charge in [0.05, 0.1) is 13.7 Å². The van der Waals surface area contributed by atoms with Gasteiger partial charge in [-0.25, -0.2) is 4.79 Å². The summed E-state index contributed by atoms with van der Waals surface area (Å²) in [7, 11) is 1.59. The van der Waals surface area contributed by atoms with Crippen molar-refractivity contribution in [3.05, 3.63) is 71.6 Å². The molecule has 0 spiro atoms. The lowest BCUT2D eigenvalue weighted by Gasteiger charge is -2.22. The second-order valence-electron chi connectivity index (χ2n) is 9.12. The lowest BCUT2D eigenvalue weighted by Crippen LogP contribution is -2.08. The number of allylic oxidation sites excluding steroid dienone is 7. The Bertz CT molecular complexity index is 749. The molecule has 0 N–H and O–H groups in total. The van der Waals surface area contributed by atoms with Crippen LogP contribution >= 0.6 is 0 Å². The molecule has 0 bridgehead atoms. The summed E-state index contributed by atoms with van der Waals surface area (Å²) in [6.45, 7) is 24.9. The third kappa shape index (κ3) is 12.5. The summed E-state index contributed by atoms with van der Waals surface area (Å²) < 4.78 is 10.5. The van der Waals surface area contributed by atoms with Crippen LogP contribution in [0.15, 0.2) is 71.6 Å². The molecule has 0 fully saturated rings. The van der Waals surface area contributed by atoms with Gasteiger partial charge in [0.2, 0.25) is 0 Å². The van der Waals surface area contributed by atoms with Crippen LogP contribution in [0.2, 0.25) is 0 Å². The smallest absolute Gasteiger partial charge is 0.333 e. The summed E-state index contributed by atoms with van der Waals surface area (Å²) in [5, 5.41) is 0. The van der Waals surface area contributed by atoms with E-state index in [1.165, 1.54) is 36.8 Å². The van der Waals surface area contributed by atoms with Gasteiger partial charge in [0.1, 0.15) is 5.76 Å². The van der Waals surface area contributed by atoms with Crippen LogP contribution in [0.25, 0.3) is 0 Å². The second-order valence-corrected chi connectivity index (χ2v) is 9.12. The molecule has 3 nitrogen and oxygen atoms in total. The lowest BCUT2D eigenvalue weighted by molar-refractivity contribution is -0.138. The molecule has 33 heavy (non-hydrogen) atoms. The number of methoxy groups -OCH3 is 1. The van der Waals surface area contributed by atoms with Crippen LogP contribution in [0.5, 0.6) is 0 Å². The zero-order chi connectivity index (χ0) is 25.4. The van der Waals surface area contributed by atoms with E-state index >= 15 is 0 Å². The molecular weight excluding hydrogens is 408 g/mol. The van der Waals surface area contributed by atoms with E-state index in [1.807, 2.05) is 6.08 Å². The Labute approximate surface area is 204 Å². The van der Waals surface area contributed by atoms with Gasteiger partial charge >= 0.3 is 5.97 Å². The van der Waals surface area contributed by atoms with Crippen LogP contribution in [0.4, 0.5) is 0 Å². The summed E-state index contributed by atoms with van der Waals surface area (Å²) in [6.07, 6.45) is 14.1. The highest BCUT2D eigenvalue weighted by atomic mass is 16.5. The first-order valence-electron chi connectivity index (χ1n) is 12.5. The highest BCUT2D eigenvalue weighted by Crippen LogP contribution is 2.31. The van der Waals surface area contributed by atoms with Gasteiger partial charge in [0.25, 0.3) is 0 Å². The van der Waals surface area contributed by atoms with Gasteiger partial charge in [0, 0.05) is 12.0 Å². The molecule has 0 aliphatic heterocycles. The quantitative estimate of drug-likeness (QED) is 0.120. The largest absolute Gasteiger partial charge is 0.497 e. The maximum absolute atomic E-state index is 11.6. The van der Waals surface area contributed by atoms with Crippen molar-refractivity contribution >= 4 is 5.97 Å². The molecule has 0 heterocycles. The van der Waals surface area contributed by atoms with E-state index in [0.717, 1.165) is 29.9 Å². The number of carbonyl (C=O) groups is 1. The van der Waals surface area contributed by atoms with Gasteiger partial charge in [-0.15, -0.1) is 0 Å². The van der Waals surface area contributed by atoms with Crippen LogP contribution in [0.1, 0.15) is 86.5 Å². The van der Waals surface area contributed by atoms with Crippen molar-refractivity contribution in [1.29, 1.82) is 0 Å². The highest BCUT2D eigenvalue weighted by molar-refractivity contribution is 5.86. The molecule has 0 aromatic carbocycles. The number of hydrogen-bond donors (Lipinski definition) is 0. The molecule has 2 unspecified atom stereocenters. The van der Waals surface area contributed by atoms with Crippen molar-refractivity contribution in [3.63, 3.8) is 0 Å². The summed E-state index contributed by atoms with van der Waals surface area (Å²) in [4.78, 5) is 11.6. The van der Waals surface area contributed by atoms with Crippen molar-refractivity contribution < 1.29 is 14.3 Å². The van der Waals surface area contributed by atoms with E-state index < -0.39 is 0 Å². The van der Waals surface area contributed by atoms with Gasteiger partial charge in [-0.05, 0) is 60.8 Å². The van der Waals surface area contributed by atoms with Crippen molar-refractivity contribution in [2.24, 2.45) is 11.8 Å². The van der Waals surface area contributed by atoms with Crippen molar-refractivity contribution in [2.75, 3.05) is 13.7 Å². The number of carbonyl (C=O) groups excluding carboxylic acids is 1. The Morgan fingerprint density at radius 1 is 1.09 bits per heavy atom. The molecule has 0 aromatic heterocycles. The van der Waals surface area contributed by atoms with Crippen molar-refractivity contribution in [3.8, 4) is 0 Å². The Balaban J connectivity index is 0.00000322. The summed E-state index contributed by atoms with van der Waals surface area (Å²) in [5.41, 5.74) is 5.00. The molecule has 0 saturated carbocycles. The molecule has 0 saturated heterocycles.